The van der Waals surface area contributed by atoms with Gasteiger partial charge in [-0.2, -0.15) is 0 Å². The van der Waals surface area contributed by atoms with E-state index in [9.17, 15) is 4.79 Å². The van der Waals surface area contributed by atoms with E-state index in [1.54, 1.807) is 0 Å². The molecular weight excluding hydrogens is 333 g/mol. The minimum Gasteiger partial charge on any atom is -0.334 e. The lowest BCUT2D eigenvalue weighted by Gasteiger charge is -2.53. The van der Waals surface area contributed by atoms with Crippen LogP contribution in [0, 0.1) is 5.92 Å². The number of halogens is 2. The molecule has 2 saturated carbocycles. The van der Waals surface area contributed by atoms with Gasteiger partial charge in [-0.15, -0.1) is 24.8 Å². The van der Waals surface area contributed by atoms with Crippen LogP contribution in [-0.2, 0) is 4.79 Å². The maximum Gasteiger partial charge on any atom is 0.226 e. The summed E-state index contributed by atoms with van der Waals surface area (Å²) in [7, 11) is 2.20. The van der Waals surface area contributed by atoms with Crippen molar-refractivity contribution >= 4 is 30.7 Å². The summed E-state index contributed by atoms with van der Waals surface area (Å²) in [6.07, 6.45) is 10.5. The number of amides is 1. The Morgan fingerprint density at radius 1 is 1.04 bits per heavy atom. The molecule has 4 nitrogen and oxygen atoms in total. The third-order valence-corrected chi connectivity index (χ3v) is 5.96. The van der Waals surface area contributed by atoms with Crippen molar-refractivity contribution in [3.8, 4) is 0 Å². The molecule has 6 heteroatoms. The van der Waals surface area contributed by atoms with Crippen LogP contribution < -0.4 is 5.73 Å². The van der Waals surface area contributed by atoms with Crippen molar-refractivity contribution < 1.29 is 4.79 Å². The average molecular weight is 366 g/mol. The van der Waals surface area contributed by atoms with E-state index in [0.717, 1.165) is 45.3 Å². The Bertz CT molecular complexity index is 388. The fraction of sp³-hybridized carbons (Fsp3) is 0.941. The zero-order valence-electron chi connectivity index (χ0n) is 14.3. The maximum absolute atomic E-state index is 13.1. The predicted octanol–water partition coefficient (Wildman–Crippen LogP) is 2.82. The molecule has 0 aromatic heterocycles. The van der Waals surface area contributed by atoms with Crippen molar-refractivity contribution in [2.75, 3.05) is 26.7 Å². The fourth-order valence-corrected chi connectivity index (χ4v) is 4.83. The molecule has 3 fully saturated rings. The summed E-state index contributed by atoms with van der Waals surface area (Å²) in [4.78, 5) is 17.8. The Labute approximate surface area is 153 Å². The molecule has 0 aromatic carbocycles. The van der Waals surface area contributed by atoms with Crippen molar-refractivity contribution in [2.45, 2.75) is 69.4 Å². The minimum atomic E-state index is 0. The Balaban J connectivity index is 0.00000132. The second kappa shape index (κ2) is 8.89. The van der Waals surface area contributed by atoms with E-state index in [2.05, 4.69) is 16.8 Å². The van der Waals surface area contributed by atoms with E-state index in [-0.39, 0.29) is 42.3 Å². The van der Waals surface area contributed by atoms with Gasteiger partial charge in [-0.05, 0) is 39.2 Å². The molecule has 23 heavy (non-hydrogen) atoms. The van der Waals surface area contributed by atoms with Gasteiger partial charge in [-0.3, -0.25) is 4.79 Å². The SMILES string of the molecule is CN1CCN(C(=O)C2CCCC(N)C2)C2(CCCCC2)C1.Cl.Cl. The molecule has 2 atom stereocenters. The maximum atomic E-state index is 13.1. The van der Waals surface area contributed by atoms with Gasteiger partial charge < -0.3 is 15.5 Å². The smallest absolute Gasteiger partial charge is 0.226 e. The van der Waals surface area contributed by atoms with E-state index in [1.807, 2.05) is 0 Å². The van der Waals surface area contributed by atoms with E-state index in [0.29, 0.717) is 5.91 Å². The second-order valence-corrected chi connectivity index (χ2v) is 7.64. The van der Waals surface area contributed by atoms with Crippen molar-refractivity contribution in [3.05, 3.63) is 0 Å². The number of rotatable bonds is 1. The van der Waals surface area contributed by atoms with Gasteiger partial charge in [-0.25, -0.2) is 0 Å². The Hall–Kier alpha value is -0.0300. The number of nitrogens with two attached hydrogens (primary N) is 1. The van der Waals surface area contributed by atoms with Gasteiger partial charge in [0.05, 0.1) is 5.54 Å². The molecule has 0 radical (unpaired) electrons. The van der Waals surface area contributed by atoms with Crippen LogP contribution in [0.1, 0.15) is 57.8 Å². The molecule has 1 amide bonds. The number of hydrogen-bond donors (Lipinski definition) is 1. The molecule has 1 heterocycles. The molecule has 2 unspecified atom stereocenters. The lowest BCUT2D eigenvalue weighted by atomic mass is 9.77. The van der Waals surface area contributed by atoms with Crippen molar-refractivity contribution in [1.29, 1.82) is 0 Å². The molecule has 1 saturated heterocycles. The van der Waals surface area contributed by atoms with Crippen molar-refractivity contribution in [1.82, 2.24) is 9.80 Å². The molecule has 136 valence electrons. The quantitative estimate of drug-likeness (QED) is 0.776. The highest BCUT2D eigenvalue weighted by Crippen LogP contribution is 2.38. The van der Waals surface area contributed by atoms with Crippen LogP contribution in [0.15, 0.2) is 0 Å². The zero-order chi connectivity index (χ0) is 14.9. The largest absolute Gasteiger partial charge is 0.334 e. The van der Waals surface area contributed by atoms with Crippen LogP contribution in [0.5, 0.6) is 0 Å². The summed E-state index contributed by atoms with van der Waals surface area (Å²) in [5, 5.41) is 0. The average Bonchev–Trinajstić information content (AvgIpc) is 2.47. The normalized spacial score (nSPS) is 31.1. The third-order valence-electron chi connectivity index (χ3n) is 5.96. The minimum absolute atomic E-state index is 0. The molecule has 0 bridgehead atoms. The van der Waals surface area contributed by atoms with Gasteiger partial charge in [-0.1, -0.05) is 25.7 Å². The molecule has 2 N–H and O–H groups in total. The molecule has 2 aliphatic carbocycles. The molecule has 1 spiro atoms. The first-order chi connectivity index (χ1) is 10.1. The number of likely N-dealkylation sites (N-methyl/N-ethyl adjacent to an activating group) is 1. The zero-order valence-corrected chi connectivity index (χ0v) is 16.0. The summed E-state index contributed by atoms with van der Waals surface area (Å²) in [6.45, 7) is 3.00. The van der Waals surface area contributed by atoms with Crippen LogP contribution in [0.25, 0.3) is 0 Å². The second-order valence-electron chi connectivity index (χ2n) is 7.64. The molecule has 0 aromatic rings. The van der Waals surface area contributed by atoms with Crippen LogP contribution in [0.3, 0.4) is 0 Å². The standard InChI is InChI=1S/C17H31N3O.2ClH/c1-19-10-11-20(17(13-19)8-3-2-4-9-17)16(21)14-6-5-7-15(18)12-14;;/h14-15H,2-13,18H2,1H3;2*1H. The first kappa shape index (κ1) is 21.0. The molecule has 3 rings (SSSR count). The highest BCUT2D eigenvalue weighted by Gasteiger charge is 2.45. The van der Waals surface area contributed by atoms with E-state index in [1.165, 1.54) is 32.1 Å². The van der Waals surface area contributed by atoms with Gasteiger partial charge in [0.1, 0.15) is 0 Å². The van der Waals surface area contributed by atoms with Crippen LogP contribution >= 0.6 is 24.8 Å². The molecular formula is C17H33Cl2N3O. The summed E-state index contributed by atoms with van der Waals surface area (Å²) >= 11 is 0. The molecule has 3 aliphatic rings. The number of carbonyl (C=O) groups excluding carboxylic acids is 1. The number of hydrogen-bond acceptors (Lipinski definition) is 3. The van der Waals surface area contributed by atoms with Crippen molar-refractivity contribution in [2.24, 2.45) is 11.7 Å². The number of piperazine rings is 1. The summed E-state index contributed by atoms with van der Waals surface area (Å²) in [5.41, 5.74) is 6.23. The lowest BCUT2D eigenvalue weighted by molar-refractivity contribution is -0.150. The van der Waals surface area contributed by atoms with Gasteiger partial charge in [0.15, 0.2) is 0 Å². The lowest BCUT2D eigenvalue weighted by Crippen LogP contribution is -2.65. The summed E-state index contributed by atoms with van der Waals surface area (Å²) in [6, 6.07) is 0.238. The third kappa shape index (κ3) is 4.53. The Morgan fingerprint density at radius 2 is 1.74 bits per heavy atom. The number of carbonyl (C=O) groups is 1. The highest BCUT2D eigenvalue weighted by atomic mass is 35.5. The highest BCUT2D eigenvalue weighted by molar-refractivity contribution is 5.85. The number of nitrogens with zero attached hydrogens (tertiary/aromatic N) is 2. The van der Waals surface area contributed by atoms with Crippen molar-refractivity contribution in [3.63, 3.8) is 0 Å². The van der Waals surface area contributed by atoms with E-state index < -0.39 is 0 Å². The first-order valence-corrected chi connectivity index (χ1v) is 8.86. The van der Waals surface area contributed by atoms with Gasteiger partial charge in [0.2, 0.25) is 5.91 Å². The Morgan fingerprint density at radius 3 is 2.39 bits per heavy atom. The van der Waals surface area contributed by atoms with E-state index in [4.69, 9.17) is 5.73 Å². The Kier molecular flexibility index (Phi) is 8.12. The van der Waals surface area contributed by atoms with Gasteiger partial charge in [0, 0.05) is 31.6 Å². The van der Waals surface area contributed by atoms with Crippen LogP contribution in [0.4, 0.5) is 0 Å². The van der Waals surface area contributed by atoms with Gasteiger partial charge >= 0.3 is 0 Å². The van der Waals surface area contributed by atoms with E-state index >= 15 is 0 Å². The van der Waals surface area contributed by atoms with Crippen LogP contribution in [-0.4, -0.2) is 54.0 Å². The van der Waals surface area contributed by atoms with Crippen LogP contribution in [0.2, 0.25) is 0 Å². The molecule has 1 aliphatic heterocycles. The topological polar surface area (TPSA) is 49.6 Å². The monoisotopic (exact) mass is 365 g/mol. The summed E-state index contributed by atoms with van der Waals surface area (Å²) in [5.74, 6) is 0.608. The summed E-state index contributed by atoms with van der Waals surface area (Å²) < 4.78 is 0. The predicted molar refractivity (Wildman–Crippen MR) is 99.5 cm³/mol. The fourth-order valence-electron chi connectivity index (χ4n) is 4.83. The first-order valence-electron chi connectivity index (χ1n) is 8.86. The van der Waals surface area contributed by atoms with Gasteiger partial charge in [0.25, 0.3) is 0 Å².